The van der Waals surface area contributed by atoms with Crippen molar-refractivity contribution < 1.29 is 19.4 Å². The summed E-state index contributed by atoms with van der Waals surface area (Å²) in [6, 6.07) is 7.59. The predicted molar refractivity (Wildman–Crippen MR) is 92.0 cm³/mol. The summed E-state index contributed by atoms with van der Waals surface area (Å²) in [5, 5.41) is 10.6. The van der Waals surface area contributed by atoms with Crippen LogP contribution in [0, 0.1) is 5.41 Å². The number of Topliss-reactive ketones (excluding diaryl/α,β-unsaturated/α-hetero) is 1. The maximum absolute atomic E-state index is 12.1. The van der Waals surface area contributed by atoms with Crippen LogP contribution in [0.15, 0.2) is 24.3 Å². The third-order valence-electron chi connectivity index (χ3n) is 5.07. The Morgan fingerprint density at radius 2 is 2.04 bits per heavy atom. The van der Waals surface area contributed by atoms with E-state index in [1.807, 2.05) is 24.3 Å². The molecule has 2 fully saturated rings. The van der Waals surface area contributed by atoms with Crippen LogP contribution in [0.2, 0.25) is 0 Å². The number of hydrogen-bond acceptors (Lipinski definition) is 4. The van der Waals surface area contributed by atoms with Crippen molar-refractivity contribution in [2.24, 2.45) is 5.41 Å². The summed E-state index contributed by atoms with van der Waals surface area (Å²) in [6.07, 6.45) is 3.08. The number of fused-ring (bicyclic) bond motifs is 1. The Morgan fingerprint density at radius 3 is 2.71 bits per heavy atom. The Labute approximate surface area is 144 Å². The summed E-state index contributed by atoms with van der Waals surface area (Å²) in [4.78, 5) is 12.1. The van der Waals surface area contributed by atoms with Gasteiger partial charge >= 0.3 is 0 Å². The summed E-state index contributed by atoms with van der Waals surface area (Å²) >= 11 is 0. The number of epoxide rings is 1. The number of hydrogen-bond donors (Lipinski definition) is 1. The lowest BCUT2D eigenvalue weighted by molar-refractivity contribution is -0.123. The van der Waals surface area contributed by atoms with Crippen molar-refractivity contribution in [1.82, 2.24) is 0 Å². The van der Waals surface area contributed by atoms with Crippen molar-refractivity contribution in [3.63, 3.8) is 0 Å². The van der Waals surface area contributed by atoms with Gasteiger partial charge in [0.25, 0.3) is 0 Å². The predicted octanol–water partition coefficient (Wildman–Crippen LogP) is 3.82. The summed E-state index contributed by atoms with van der Waals surface area (Å²) in [5.41, 5.74) is 0.326. The van der Waals surface area contributed by atoms with Gasteiger partial charge in [0.05, 0.1) is 12.7 Å². The Hall–Kier alpha value is -1.39. The van der Waals surface area contributed by atoms with Crippen LogP contribution < -0.4 is 4.74 Å². The molecule has 3 atom stereocenters. The molecule has 1 N–H and O–H groups in total. The van der Waals surface area contributed by atoms with E-state index in [0.29, 0.717) is 19.4 Å². The van der Waals surface area contributed by atoms with Crippen LogP contribution >= 0.6 is 0 Å². The first kappa shape index (κ1) is 17.4. The topological polar surface area (TPSA) is 59.1 Å². The highest BCUT2D eigenvalue weighted by molar-refractivity contribution is 5.88. The average molecular weight is 332 g/mol. The van der Waals surface area contributed by atoms with Gasteiger partial charge in [0.15, 0.2) is 5.78 Å². The maximum atomic E-state index is 12.1. The van der Waals surface area contributed by atoms with Crippen LogP contribution in [-0.2, 0) is 9.53 Å². The molecule has 0 aromatic heterocycles. The second kappa shape index (κ2) is 6.49. The van der Waals surface area contributed by atoms with Crippen LogP contribution in [-0.4, -0.2) is 29.2 Å². The minimum Gasteiger partial charge on any atom is -0.494 e. The van der Waals surface area contributed by atoms with E-state index in [0.717, 1.165) is 30.6 Å². The zero-order chi connectivity index (χ0) is 17.4. The Balaban J connectivity index is 1.61. The van der Waals surface area contributed by atoms with Crippen molar-refractivity contribution in [3.05, 3.63) is 29.8 Å². The normalized spacial score (nSPS) is 29.0. The zero-order valence-electron chi connectivity index (χ0n) is 14.9. The van der Waals surface area contributed by atoms with Crippen molar-refractivity contribution >= 4 is 5.78 Å². The molecule has 0 bridgehead atoms. The second-order valence-electron chi connectivity index (χ2n) is 8.04. The van der Waals surface area contributed by atoms with Crippen LogP contribution in [0.1, 0.15) is 64.5 Å². The minimum absolute atomic E-state index is 0.0548. The molecule has 1 aromatic carbocycles. The molecule has 1 aromatic rings. The number of ether oxygens (including phenoxy) is 2. The largest absolute Gasteiger partial charge is 0.494 e. The van der Waals surface area contributed by atoms with E-state index in [-0.39, 0.29) is 17.3 Å². The summed E-state index contributed by atoms with van der Waals surface area (Å²) in [5.74, 6) is 1.00. The Morgan fingerprint density at radius 1 is 1.33 bits per heavy atom. The Kier molecular flexibility index (Phi) is 4.71. The molecule has 0 amide bonds. The monoisotopic (exact) mass is 332 g/mol. The molecule has 4 nitrogen and oxygen atoms in total. The SMILES string of the molecule is CCCCOc1ccc(C(O)CC23CC(C)(C)CC(=O)C2O3)cc1. The van der Waals surface area contributed by atoms with Crippen molar-refractivity contribution in [2.45, 2.75) is 70.7 Å². The molecule has 3 unspecified atom stereocenters. The lowest BCUT2D eigenvalue weighted by Crippen LogP contribution is -2.37. The van der Waals surface area contributed by atoms with Gasteiger partial charge in [-0.05, 0) is 36.0 Å². The lowest BCUT2D eigenvalue weighted by Gasteiger charge is -2.32. The first-order chi connectivity index (χ1) is 11.4. The zero-order valence-corrected chi connectivity index (χ0v) is 14.9. The molecule has 1 heterocycles. The first-order valence-corrected chi connectivity index (χ1v) is 8.97. The van der Waals surface area contributed by atoms with Gasteiger partial charge in [0, 0.05) is 12.8 Å². The standard InChI is InChI=1S/C20H28O4/c1-4-5-10-23-15-8-6-14(7-9-15)16(21)12-20-13-19(2,3)11-17(22)18(20)24-20/h6-9,16,18,21H,4-5,10-13H2,1-3H3. The van der Waals surface area contributed by atoms with Gasteiger partial charge in [-0.15, -0.1) is 0 Å². The molecule has 1 aliphatic carbocycles. The molecule has 0 radical (unpaired) electrons. The summed E-state index contributed by atoms with van der Waals surface area (Å²) < 4.78 is 11.4. The van der Waals surface area contributed by atoms with Crippen LogP contribution in [0.25, 0.3) is 0 Å². The number of benzene rings is 1. The van der Waals surface area contributed by atoms with E-state index >= 15 is 0 Å². The quantitative estimate of drug-likeness (QED) is 0.609. The second-order valence-corrected chi connectivity index (χ2v) is 8.04. The number of carbonyl (C=O) groups excluding carboxylic acids is 1. The van der Waals surface area contributed by atoms with Crippen molar-refractivity contribution in [3.8, 4) is 5.75 Å². The number of unbranched alkanes of at least 4 members (excludes halogenated alkanes) is 1. The molecule has 1 saturated heterocycles. The molecule has 1 saturated carbocycles. The van der Waals surface area contributed by atoms with Gasteiger partial charge < -0.3 is 14.6 Å². The first-order valence-electron chi connectivity index (χ1n) is 8.97. The third kappa shape index (κ3) is 3.65. The molecule has 132 valence electrons. The van der Waals surface area contributed by atoms with Crippen molar-refractivity contribution in [1.29, 1.82) is 0 Å². The highest BCUT2D eigenvalue weighted by Crippen LogP contribution is 2.56. The van der Waals surface area contributed by atoms with Crippen LogP contribution in [0.4, 0.5) is 0 Å². The van der Waals surface area contributed by atoms with Gasteiger partial charge in [-0.2, -0.15) is 0 Å². The molecule has 0 spiro atoms. The number of aliphatic hydroxyl groups excluding tert-OH is 1. The average Bonchev–Trinajstić information content (AvgIpc) is 3.21. The number of ketones is 1. The van der Waals surface area contributed by atoms with Gasteiger partial charge in [0.2, 0.25) is 0 Å². The van der Waals surface area contributed by atoms with Crippen molar-refractivity contribution in [2.75, 3.05) is 6.61 Å². The smallest absolute Gasteiger partial charge is 0.165 e. The highest BCUT2D eigenvalue weighted by atomic mass is 16.6. The van der Waals surface area contributed by atoms with E-state index in [4.69, 9.17) is 9.47 Å². The molecular formula is C20H28O4. The van der Waals surface area contributed by atoms with E-state index in [1.165, 1.54) is 0 Å². The molecule has 24 heavy (non-hydrogen) atoms. The molecular weight excluding hydrogens is 304 g/mol. The lowest BCUT2D eigenvalue weighted by atomic mass is 9.70. The summed E-state index contributed by atoms with van der Waals surface area (Å²) in [6.45, 7) is 7.04. The number of aliphatic hydroxyl groups is 1. The summed E-state index contributed by atoms with van der Waals surface area (Å²) in [7, 11) is 0. The Bertz CT molecular complexity index is 592. The fourth-order valence-electron chi connectivity index (χ4n) is 3.92. The molecule has 3 rings (SSSR count). The van der Waals surface area contributed by atoms with Crippen LogP contribution in [0.3, 0.4) is 0 Å². The third-order valence-corrected chi connectivity index (χ3v) is 5.07. The van der Waals surface area contributed by atoms with E-state index in [9.17, 15) is 9.90 Å². The van der Waals surface area contributed by atoms with Gasteiger partial charge in [-0.25, -0.2) is 0 Å². The minimum atomic E-state index is -0.624. The highest BCUT2D eigenvalue weighted by Gasteiger charge is 2.65. The van der Waals surface area contributed by atoms with Gasteiger partial charge in [0.1, 0.15) is 17.5 Å². The fraction of sp³-hybridized carbons (Fsp3) is 0.650. The van der Waals surface area contributed by atoms with E-state index < -0.39 is 11.7 Å². The number of carbonyl (C=O) groups is 1. The molecule has 2 aliphatic rings. The fourth-order valence-corrected chi connectivity index (χ4v) is 3.92. The van der Waals surface area contributed by atoms with E-state index in [1.54, 1.807) is 0 Å². The maximum Gasteiger partial charge on any atom is 0.165 e. The molecule has 4 heteroatoms. The van der Waals surface area contributed by atoms with E-state index in [2.05, 4.69) is 20.8 Å². The van der Waals surface area contributed by atoms with Gasteiger partial charge in [-0.3, -0.25) is 4.79 Å². The number of rotatable bonds is 7. The van der Waals surface area contributed by atoms with Gasteiger partial charge in [-0.1, -0.05) is 39.3 Å². The van der Waals surface area contributed by atoms with Crippen LogP contribution in [0.5, 0.6) is 5.75 Å². The molecule has 1 aliphatic heterocycles.